The molecule has 2 saturated heterocycles. The number of benzene rings is 1. The van der Waals surface area contributed by atoms with E-state index < -0.39 is 0 Å². The largest absolute Gasteiger partial charge is 0.378 e. The van der Waals surface area contributed by atoms with Crippen molar-refractivity contribution in [1.82, 2.24) is 35.1 Å². The molecule has 5 heterocycles. The number of hydrogen-bond donors (Lipinski definition) is 2. The van der Waals surface area contributed by atoms with Gasteiger partial charge in [-0.1, -0.05) is 18.2 Å². The van der Waals surface area contributed by atoms with E-state index in [1.54, 1.807) is 18.3 Å². The van der Waals surface area contributed by atoms with Crippen LogP contribution in [0.1, 0.15) is 21.0 Å². The van der Waals surface area contributed by atoms with E-state index in [0.717, 1.165) is 11.0 Å². The molecule has 192 valence electrons. The van der Waals surface area contributed by atoms with Crippen LogP contribution in [0.4, 0.5) is 5.95 Å². The lowest BCUT2D eigenvalue weighted by Crippen LogP contribution is -2.39. The molecule has 0 spiro atoms. The summed E-state index contributed by atoms with van der Waals surface area (Å²) in [4.78, 5) is 51.2. The van der Waals surface area contributed by atoms with E-state index in [2.05, 4.69) is 30.2 Å². The predicted octanol–water partition coefficient (Wildman–Crippen LogP) is 1.75. The second kappa shape index (κ2) is 9.18. The monoisotopic (exact) mass is 510 g/mol. The Morgan fingerprint density at radius 3 is 2.55 bits per heavy atom. The van der Waals surface area contributed by atoms with Crippen molar-refractivity contribution in [3.05, 3.63) is 66.1 Å². The van der Waals surface area contributed by atoms with Crippen molar-refractivity contribution in [2.45, 2.75) is 6.04 Å². The number of imidazole rings is 1. The zero-order valence-corrected chi connectivity index (χ0v) is 20.6. The molecule has 2 N–H and O–H groups in total. The van der Waals surface area contributed by atoms with Crippen LogP contribution in [0.15, 0.2) is 54.7 Å². The normalized spacial score (nSPS) is 22.4. The highest BCUT2D eigenvalue weighted by molar-refractivity contribution is 5.94. The molecule has 7 rings (SSSR count). The number of pyridine rings is 1. The van der Waals surface area contributed by atoms with Gasteiger partial charge >= 0.3 is 0 Å². The molecule has 2 aliphatic heterocycles. The van der Waals surface area contributed by atoms with Gasteiger partial charge in [0.2, 0.25) is 5.95 Å². The number of nitrogens with zero attached hydrogens (tertiary/aromatic N) is 6. The van der Waals surface area contributed by atoms with Gasteiger partial charge in [0.25, 0.3) is 11.8 Å². The summed E-state index contributed by atoms with van der Waals surface area (Å²) in [6.07, 6.45) is 1.62. The maximum atomic E-state index is 13.2. The van der Waals surface area contributed by atoms with Crippen molar-refractivity contribution in [2.75, 3.05) is 44.3 Å². The number of H-pyrrole nitrogens is 1. The first-order chi connectivity index (χ1) is 18.6. The van der Waals surface area contributed by atoms with E-state index in [9.17, 15) is 9.59 Å². The van der Waals surface area contributed by atoms with Crippen molar-refractivity contribution in [1.29, 1.82) is 0 Å². The zero-order valence-electron chi connectivity index (χ0n) is 20.6. The van der Waals surface area contributed by atoms with E-state index in [4.69, 9.17) is 4.74 Å². The summed E-state index contributed by atoms with van der Waals surface area (Å²) in [7, 11) is 0. The molecule has 1 aromatic carbocycles. The van der Waals surface area contributed by atoms with Gasteiger partial charge in [0.1, 0.15) is 17.1 Å². The third-order valence-corrected chi connectivity index (χ3v) is 7.55. The maximum absolute atomic E-state index is 13.2. The standard InChI is InChI=1S/C27H26N8O3/c36-25(21-8-9-28-27(32-21)34-10-12-38-13-11-34)33-23-16-14-35(15-17(16)23)26(37)22-7-3-6-20(29-22)24-30-18-4-1-2-5-19(18)31-24/h1-9,16-17,23H,10-15H2,(H,30,31)(H,33,36). The number of aromatic amines is 1. The average Bonchev–Trinajstić information content (AvgIpc) is 3.30. The fourth-order valence-electron chi connectivity index (χ4n) is 5.44. The second-order valence-corrected chi connectivity index (χ2v) is 9.89. The smallest absolute Gasteiger partial charge is 0.272 e. The number of amides is 2. The molecule has 2 amide bonds. The van der Waals surface area contributed by atoms with Crippen molar-refractivity contribution in [3.8, 4) is 11.5 Å². The number of fused-ring (bicyclic) bond motifs is 2. The minimum Gasteiger partial charge on any atom is -0.378 e. The van der Waals surface area contributed by atoms with Crippen molar-refractivity contribution < 1.29 is 14.3 Å². The molecule has 2 atom stereocenters. The molecule has 3 aromatic heterocycles. The van der Waals surface area contributed by atoms with Crippen molar-refractivity contribution in [2.24, 2.45) is 11.8 Å². The number of rotatable bonds is 5. The van der Waals surface area contributed by atoms with Gasteiger partial charge in [0, 0.05) is 50.3 Å². The van der Waals surface area contributed by atoms with Crippen LogP contribution in [-0.2, 0) is 4.74 Å². The summed E-state index contributed by atoms with van der Waals surface area (Å²) < 4.78 is 5.38. The van der Waals surface area contributed by atoms with Crippen LogP contribution in [0.5, 0.6) is 0 Å². The molecule has 11 nitrogen and oxygen atoms in total. The Kier molecular flexibility index (Phi) is 5.50. The van der Waals surface area contributed by atoms with Gasteiger partial charge in [0.15, 0.2) is 5.82 Å². The van der Waals surface area contributed by atoms with E-state index >= 15 is 0 Å². The van der Waals surface area contributed by atoms with Crippen molar-refractivity contribution >= 4 is 28.8 Å². The first-order valence-electron chi connectivity index (χ1n) is 12.8. The van der Waals surface area contributed by atoms with Gasteiger partial charge in [-0.2, -0.15) is 0 Å². The third-order valence-electron chi connectivity index (χ3n) is 7.55. The fraction of sp³-hybridized carbons (Fsp3) is 0.333. The molecule has 1 saturated carbocycles. The Morgan fingerprint density at radius 1 is 0.921 bits per heavy atom. The summed E-state index contributed by atoms with van der Waals surface area (Å²) in [5, 5.41) is 3.11. The Labute approximate surface area is 218 Å². The number of anilines is 1. The number of ether oxygens (including phenoxy) is 1. The molecule has 1 aliphatic carbocycles. The van der Waals surface area contributed by atoms with Crippen LogP contribution >= 0.6 is 0 Å². The number of aromatic nitrogens is 5. The van der Waals surface area contributed by atoms with Crippen LogP contribution < -0.4 is 10.2 Å². The minimum absolute atomic E-state index is 0.0446. The minimum atomic E-state index is -0.209. The number of likely N-dealkylation sites (tertiary alicyclic amines) is 1. The molecule has 11 heteroatoms. The molecule has 0 radical (unpaired) electrons. The number of hydrogen-bond acceptors (Lipinski definition) is 8. The van der Waals surface area contributed by atoms with Gasteiger partial charge < -0.3 is 24.8 Å². The van der Waals surface area contributed by atoms with E-state index in [-0.39, 0.29) is 29.7 Å². The van der Waals surface area contributed by atoms with Gasteiger partial charge in [-0.25, -0.2) is 19.9 Å². The Bertz CT molecular complexity index is 1490. The Hall–Kier alpha value is -4.38. The predicted molar refractivity (Wildman–Crippen MR) is 139 cm³/mol. The molecule has 3 fully saturated rings. The summed E-state index contributed by atoms with van der Waals surface area (Å²) in [6.45, 7) is 3.84. The quantitative estimate of drug-likeness (QED) is 0.416. The van der Waals surface area contributed by atoms with Gasteiger partial charge in [-0.15, -0.1) is 0 Å². The first-order valence-corrected chi connectivity index (χ1v) is 12.8. The summed E-state index contributed by atoms with van der Waals surface area (Å²) in [5.74, 6) is 1.34. The summed E-state index contributed by atoms with van der Waals surface area (Å²) in [6, 6.07) is 14.9. The molecule has 38 heavy (non-hydrogen) atoms. The number of carbonyl (C=O) groups excluding carboxylic acids is 2. The van der Waals surface area contributed by atoms with Crippen LogP contribution in [0, 0.1) is 11.8 Å². The third kappa shape index (κ3) is 4.14. The SMILES string of the molecule is O=C(NC1C2CN(C(=O)c3cccc(-c4nc5ccccc5[nH]4)n3)CC21)c1ccnc(N2CCOCC2)n1. The lowest BCUT2D eigenvalue weighted by atomic mass is 10.2. The van der Waals surface area contributed by atoms with Crippen LogP contribution in [0.25, 0.3) is 22.6 Å². The fourth-order valence-corrected chi connectivity index (χ4v) is 5.44. The van der Waals surface area contributed by atoms with E-state index in [1.165, 1.54) is 0 Å². The molecule has 0 bridgehead atoms. The maximum Gasteiger partial charge on any atom is 0.272 e. The molecular weight excluding hydrogens is 484 g/mol. The summed E-state index contributed by atoms with van der Waals surface area (Å²) in [5.41, 5.74) is 3.15. The number of morpholine rings is 1. The molecular formula is C27H26N8O3. The van der Waals surface area contributed by atoms with E-state index in [0.29, 0.717) is 68.2 Å². The Morgan fingerprint density at radius 2 is 1.74 bits per heavy atom. The van der Waals surface area contributed by atoms with Crippen molar-refractivity contribution in [3.63, 3.8) is 0 Å². The first kappa shape index (κ1) is 22.8. The van der Waals surface area contributed by atoms with Gasteiger partial charge in [-0.3, -0.25) is 9.59 Å². The van der Waals surface area contributed by atoms with E-state index in [1.807, 2.05) is 46.2 Å². The lowest BCUT2D eigenvalue weighted by Gasteiger charge is -2.26. The topological polar surface area (TPSA) is 129 Å². The number of nitrogens with one attached hydrogen (secondary N) is 2. The highest BCUT2D eigenvalue weighted by atomic mass is 16.5. The number of carbonyl (C=O) groups is 2. The highest BCUT2D eigenvalue weighted by Gasteiger charge is 2.57. The van der Waals surface area contributed by atoms with Crippen LogP contribution in [-0.4, -0.2) is 87.1 Å². The molecule has 2 unspecified atom stereocenters. The van der Waals surface area contributed by atoms with Crippen LogP contribution in [0.2, 0.25) is 0 Å². The average molecular weight is 511 g/mol. The number of piperidine rings is 1. The lowest BCUT2D eigenvalue weighted by molar-refractivity contribution is 0.0763. The molecule has 4 aromatic rings. The number of para-hydroxylation sites is 2. The molecule has 3 aliphatic rings. The highest BCUT2D eigenvalue weighted by Crippen LogP contribution is 2.46. The Balaban J connectivity index is 0.979. The second-order valence-electron chi connectivity index (χ2n) is 9.89. The van der Waals surface area contributed by atoms with Gasteiger partial charge in [-0.05, 0) is 30.3 Å². The van der Waals surface area contributed by atoms with Gasteiger partial charge in [0.05, 0.1) is 24.2 Å². The zero-order chi connectivity index (χ0) is 25.6. The summed E-state index contributed by atoms with van der Waals surface area (Å²) >= 11 is 0. The van der Waals surface area contributed by atoms with Crippen LogP contribution in [0.3, 0.4) is 0 Å².